The number of hydrogen-bond donors (Lipinski definition) is 1. The van der Waals surface area contributed by atoms with Gasteiger partial charge in [-0.3, -0.25) is 4.79 Å². The van der Waals surface area contributed by atoms with Crippen molar-refractivity contribution in [2.45, 2.75) is 104 Å². The van der Waals surface area contributed by atoms with Crippen LogP contribution in [0.4, 0.5) is 0 Å². The number of nitrogens with one attached hydrogen (secondary N) is 1. The Morgan fingerprint density at radius 3 is 2.00 bits per heavy atom. The second-order valence-corrected chi connectivity index (χ2v) is 9.51. The minimum absolute atomic E-state index is 0.137. The van der Waals surface area contributed by atoms with E-state index in [1.54, 1.807) is 18.2 Å². The maximum Gasteiger partial charge on any atom is 0.251 e. The highest BCUT2D eigenvalue weighted by atomic mass is 35.5. The number of amides is 1. The van der Waals surface area contributed by atoms with Crippen molar-refractivity contribution in [3.63, 3.8) is 0 Å². The lowest BCUT2D eigenvalue weighted by Crippen LogP contribution is -2.31. The van der Waals surface area contributed by atoms with Crippen LogP contribution in [0.5, 0.6) is 5.75 Å². The number of nitrogens with zero attached hydrogens (tertiary/aromatic N) is 1. The van der Waals surface area contributed by atoms with Crippen LogP contribution < -0.4 is 14.6 Å². The predicted molar refractivity (Wildman–Crippen MR) is 142 cm³/mol. The number of carbonyl (C=O) groups is 1. The van der Waals surface area contributed by atoms with Gasteiger partial charge in [0.2, 0.25) is 0 Å². The molecular weight excluding hydrogens is 444 g/mol. The van der Waals surface area contributed by atoms with Crippen LogP contribution in [0.2, 0.25) is 5.02 Å². The standard InChI is InChI=1S/C29H43ClN2O2/c1-3-5-6-7-8-9-10-11-12-13-14-15-22-34-28-17-16-26(23-27(28)30)29(33)31-24-25-18-20-32(4-2)21-19-25/h16-21,23H,3-15,22,24H2,1-2H3/p+1. The van der Waals surface area contributed by atoms with Crippen LogP contribution in [0.1, 0.15) is 107 Å². The fraction of sp³-hybridized carbons (Fsp3) is 0.586. The van der Waals surface area contributed by atoms with E-state index in [2.05, 4.69) is 23.7 Å². The summed E-state index contributed by atoms with van der Waals surface area (Å²) in [5, 5.41) is 3.43. The first-order valence-corrected chi connectivity index (χ1v) is 13.7. The number of unbranched alkanes of at least 4 members (excludes halogenated alkanes) is 11. The molecule has 0 radical (unpaired) electrons. The van der Waals surface area contributed by atoms with E-state index in [1.165, 1.54) is 70.6 Å². The molecule has 2 rings (SSSR count). The number of aryl methyl sites for hydroxylation is 1. The van der Waals surface area contributed by atoms with E-state index in [0.29, 0.717) is 29.5 Å². The zero-order chi connectivity index (χ0) is 24.4. The number of halogens is 1. The summed E-state index contributed by atoms with van der Waals surface area (Å²) >= 11 is 6.37. The first-order chi connectivity index (χ1) is 16.6. The molecule has 0 fully saturated rings. The lowest BCUT2D eigenvalue weighted by Gasteiger charge is -2.10. The van der Waals surface area contributed by atoms with E-state index in [1.807, 2.05) is 24.5 Å². The molecule has 5 heteroatoms. The minimum Gasteiger partial charge on any atom is -0.492 e. The lowest BCUT2D eigenvalue weighted by atomic mass is 10.1. The molecular formula is C29H44ClN2O2+. The summed E-state index contributed by atoms with van der Waals surface area (Å²) in [4.78, 5) is 12.5. The Balaban J connectivity index is 1.57. The quantitative estimate of drug-likeness (QED) is 0.173. The third-order valence-corrected chi connectivity index (χ3v) is 6.52. The molecule has 1 aromatic carbocycles. The van der Waals surface area contributed by atoms with Gasteiger partial charge in [0, 0.05) is 24.2 Å². The van der Waals surface area contributed by atoms with Crippen molar-refractivity contribution in [1.29, 1.82) is 0 Å². The summed E-state index contributed by atoms with van der Waals surface area (Å²) < 4.78 is 7.93. The highest BCUT2D eigenvalue weighted by Gasteiger charge is 2.10. The molecule has 0 spiro atoms. The molecule has 188 valence electrons. The van der Waals surface area contributed by atoms with Gasteiger partial charge in [0.15, 0.2) is 12.4 Å². The van der Waals surface area contributed by atoms with Crippen molar-refractivity contribution in [1.82, 2.24) is 5.32 Å². The molecule has 0 aliphatic heterocycles. The highest BCUT2D eigenvalue weighted by molar-refractivity contribution is 6.32. The number of aromatic nitrogens is 1. The molecule has 0 atom stereocenters. The monoisotopic (exact) mass is 487 g/mol. The van der Waals surface area contributed by atoms with Gasteiger partial charge in [0.05, 0.1) is 11.6 Å². The fourth-order valence-corrected chi connectivity index (χ4v) is 4.22. The van der Waals surface area contributed by atoms with Gasteiger partial charge in [0.1, 0.15) is 12.3 Å². The Kier molecular flexibility index (Phi) is 14.4. The van der Waals surface area contributed by atoms with E-state index >= 15 is 0 Å². The van der Waals surface area contributed by atoms with Crippen molar-refractivity contribution < 1.29 is 14.1 Å². The van der Waals surface area contributed by atoms with Gasteiger partial charge in [-0.05, 0) is 37.1 Å². The highest BCUT2D eigenvalue weighted by Crippen LogP contribution is 2.26. The Labute approximate surface area is 212 Å². The normalized spacial score (nSPS) is 10.9. The Morgan fingerprint density at radius 1 is 0.853 bits per heavy atom. The van der Waals surface area contributed by atoms with Crippen molar-refractivity contribution in [3.8, 4) is 5.75 Å². The molecule has 34 heavy (non-hydrogen) atoms. The molecule has 0 saturated carbocycles. The van der Waals surface area contributed by atoms with Gasteiger partial charge >= 0.3 is 0 Å². The predicted octanol–water partition coefficient (Wildman–Crippen LogP) is 7.66. The van der Waals surface area contributed by atoms with Crippen molar-refractivity contribution in [3.05, 3.63) is 58.9 Å². The minimum atomic E-state index is -0.137. The number of rotatable bonds is 18. The third-order valence-electron chi connectivity index (χ3n) is 6.23. The summed E-state index contributed by atoms with van der Waals surface area (Å²) in [6.45, 7) is 6.44. The van der Waals surface area contributed by atoms with E-state index in [4.69, 9.17) is 16.3 Å². The Hall–Kier alpha value is -2.07. The van der Waals surface area contributed by atoms with Gasteiger partial charge < -0.3 is 10.1 Å². The Morgan fingerprint density at radius 2 is 1.44 bits per heavy atom. The molecule has 1 N–H and O–H groups in total. The van der Waals surface area contributed by atoms with Crippen LogP contribution in [0, 0.1) is 0 Å². The topological polar surface area (TPSA) is 42.2 Å². The number of pyridine rings is 1. The molecule has 0 saturated heterocycles. The van der Waals surface area contributed by atoms with Gasteiger partial charge in [-0.15, -0.1) is 0 Å². The van der Waals surface area contributed by atoms with Crippen molar-refractivity contribution in [2.24, 2.45) is 0 Å². The molecule has 4 nitrogen and oxygen atoms in total. The molecule has 1 aromatic heterocycles. The first kappa shape index (κ1) is 28.2. The van der Waals surface area contributed by atoms with E-state index in [9.17, 15) is 4.79 Å². The Bertz CT molecular complexity index is 823. The molecule has 1 heterocycles. The van der Waals surface area contributed by atoms with E-state index in [0.717, 1.165) is 18.5 Å². The molecule has 0 aliphatic carbocycles. The van der Waals surface area contributed by atoms with Gasteiger partial charge in [-0.25, -0.2) is 4.57 Å². The lowest BCUT2D eigenvalue weighted by molar-refractivity contribution is -0.693. The van der Waals surface area contributed by atoms with Gasteiger partial charge in [-0.1, -0.05) is 89.2 Å². The van der Waals surface area contributed by atoms with Crippen LogP contribution in [0.3, 0.4) is 0 Å². The summed E-state index contributed by atoms with van der Waals surface area (Å²) in [6.07, 6.45) is 19.9. The number of benzene rings is 1. The fourth-order valence-electron chi connectivity index (χ4n) is 3.99. The van der Waals surface area contributed by atoms with E-state index < -0.39 is 0 Å². The zero-order valence-electron chi connectivity index (χ0n) is 21.3. The average molecular weight is 488 g/mol. The van der Waals surface area contributed by atoms with Crippen LogP contribution in [-0.2, 0) is 13.1 Å². The maximum atomic E-state index is 12.5. The van der Waals surface area contributed by atoms with Gasteiger partial charge in [-0.2, -0.15) is 0 Å². The summed E-state index contributed by atoms with van der Waals surface area (Å²) in [6, 6.07) is 9.29. The van der Waals surface area contributed by atoms with Crippen LogP contribution in [-0.4, -0.2) is 12.5 Å². The van der Waals surface area contributed by atoms with Crippen LogP contribution in [0.25, 0.3) is 0 Å². The zero-order valence-corrected chi connectivity index (χ0v) is 22.0. The van der Waals surface area contributed by atoms with E-state index in [-0.39, 0.29) is 5.91 Å². The summed E-state index contributed by atoms with van der Waals surface area (Å²) in [5.41, 5.74) is 1.61. The van der Waals surface area contributed by atoms with Crippen molar-refractivity contribution in [2.75, 3.05) is 6.61 Å². The number of ether oxygens (including phenoxy) is 1. The van der Waals surface area contributed by atoms with Gasteiger partial charge in [0.25, 0.3) is 5.91 Å². The van der Waals surface area contributed by atoms with Crippen LogP contribution >= 0.6 is 11.6 Å². The summed E-state index contributed by atoms with van der Waals surface area (Å²) in [7, 11) is 0. The SMILES string of the molecule is CCCCCCCCCCCCCCOc1ccc(C(=O)NCc2cc[n+](CC)cc2)cc1Cl. The largest absolute Gasteiger partial charge is 0.492 e. The second kappa shape index (κ2) is 17.4. The molecule has 2 aromatic rings. The van der Waals surface area contributed by atoms with Crippen molar-refractivity contribution >= 4 is 17.5 Å². The number of hydrogen-bond acceptors (Lipinski definition) is 2. The molecule has 0 aliphatic rings. The first-order valence-electron chi connectivity index (χ1n) is 13.3. The average Bonchev–Trinajstić information content (AvgIpc) is 2.86. The van der Waals surface area contributed by atoms with Crippen LogP contribution in [0.15, 0.2) is 42.7 Å². The molecule has 0 bridgehead atoms. The maximum absolute atomic E-state index is 12.5. The molecule has 0 unspecified atom stereocenters. The summed E-state index contributed by atoms with van der Waals surface area (Å²) in [5.74, 6) is 0.509. The second-order valence-electron chi connectivity index (χ2n) is 9.10. The third kappa shape index (κ3) is 11.4. The smallest absolute Gasteiger partial charge is 0.251 e. The number of carbonyl (C=O) groups excluding carboxylic acids is 1. The molecule has 1 amide bonds.